The molecule has 0 aliphatic rings. The van der Waals surface area contributed by atoms with Crippen LogP contribution in [0.4, 0.5) is 0 Å². The average Bonchev–Trinajstić information content (AvgIpc) is 2.91. The van der Waals surface area contributed by atoms with Gasteiger partial charge in [0.1, 0.15) is 0 Å². The van der Waals surface area contributed by atoms with Crippen LogP contribution in [-0.4, -0.2) is 20.4 Å². The second kappa shape index (κ2) is 4.98. The molecule has 3 nitrogen and oxygen atoms in total. The van der Waals surface area contributed by atoms with Gasteiger partial charge in [-0.2, -0.15) is 0 Å². The lowest BCUT2D eigenvalue weighted by Crippen LogP contribution is -1.89. The average molecular weight is 289 g/mol. The maximum Gasteiger partial charge on any atom is 0.213 e. The molecule has 3 aromatic rings. The smallest absolute Gasteiger partial charge is 0.213 e. The van der Waals surface area contributed by atoms with E-state index in [4.69, 9.17) is 4.98 Å². The Kier molecular flexibility index (Phi) is 3.33. The molecule has 0 N–H and O–H groups in total. The van der Waals surface area contributed by atoms with Crippen molar-refractivity contribution in [2.75, 3.05) is 5.75 Å². The van der Waals surface area contributed by atoms with Crippen molar-refractivity contribution in [2.24, 2.45) is 0 Å². The van der Waals surface area contributed by atoms with Gasteiger partial charge < -0.3 is 0 Å². The molecular weight excluding hydrogens is 274 g/mol. The van der Waals surface area contributed by atoms with E-state index in [2.05, 4.69) is 50.1 Å². The lowest BCUT2D eigenvalue weighted by Gasteiger charge is -1.99. The third kappa shape index (κ3) is 2.28. The summed E-state index contributed by atoms with van der Waals surface area (Å²) in [4.78, 5) is 5.70. The van der Waals surface area contributed by atoms with Crippen molar-refractivity contribution in [2.45, 2.75) is 25.1 Å². The van der Waals surface area contributed by atoms with Crippen molar-refractivity contribution in [3.05, 3.63) is 35.5 Å². The molecule has 0 saturated heterocycles. The van der Waals surface area contributed by atoms with E-state index in [-0.39, 0.29) is 0 Å². The Labute approximate surface area is 120 Å². The summed E-state index contributed by atoms with van der Waals surface area (Å²) in [6.45, 7) is 6.31. The molecule has 0 fully saturated rings. The van der Waals surface area contributed by atoms with E-state index in [9.17, 15) is 0 Å². The Balaban J connectivity index is 2.07. The normalized spacial score (nSPS) is 11.3. The van der Waals surface area contributed by atoms with Crippen molar-refractivity contribution >= 4 is 28.1 Å². The third-order valence-electron chi connectivity index (χ3n) is 3.00. The van der Waals surface area contributed by atoms with Gasteiger partial charge in [0.15, 0.2) is 4.34 Å². The number of rotatable bonds is 3. The summed E-state index contributed by atoms with van der Waals surface area (Å²) in [7, 11) is 0. The number of hydrogen-bond acceptors (Lipinski definition) is 4. The lowest BCUT2D eigenvalue weighted by molar-refractivity contribution is 0.883. The van der Waals surface area contributed by atoms with Gasteiger partial charge in [-0.1, -0.05) is 59.9 Å². The van der Waals surface area contributed by atoms with Crippen LogP contribution < -0.4 is 0 Å². The zero-order valence-electron chi connectivity index (χ0n) is 11.2. The Hall–Kier alpha value is -1.33. The van der Waals surface area contributed by atoms with Crippen molar-refractivity contribution in [3.63, 3.8) is 0 Å². The summed E-state index contributed by atoms with van der Waals surface area (Å²) in [6, 6.07) is 8.48. The monoisotopic (exact) mass is 289 g/mol. The molecule has 0 aliphatic carbocycles. The molecule has 5 heteroatoms. The third-order valence-corrected chi connectivity index (χ3v) is 4.93. The van der Waals surface area contributed by atoms with Crippen molar-refractivity contribution in [3.8, 4) is 11.3 Å². The summed E-state index contributed by atoms with van der Waals surface area (Å²) in [6.07, 6.45) is 0. The van der Waals surface area contributed by atoms with E-state index >= 15 is 0 Å². The Morgan fingerprint density at radius 1 is 1.21 bits per heavy atom. The van der Waals surface area contributed by atoms with Gasteiger partial charge in [-0.3, -0.25) is 0 Å². The highest BCUT2D eigenvalue weighted by Crippen LogP contribution is 2.30. The first kappa shape index (κ1) is 12.7. The topological polar surface area (TPSA) is 30.2 Å². The predicted molar refractivity (Wildman–Crippen MR) is 82.2 cm³/mol. The van der Waals surface area contributed by atoms with Gasteiger partial charge in [-0.05, 0) is 19.6 Å². The Morgan fingerprint density at radius 3 is 2.58 bits per heavy atom. The quantitative estimate of drug-likeness (QED) is 0.677. The van der Waals surface area contributed by atoms with E-state index < -0.39 is 0 Å². The molecular formula is C14H15N3S2. The van der Waals surface area contributed by atoms with E-state index in [0.29, 0.717) is 0 Å². The summed E-state index contributed by atoms with van der Waals surface area (Å²) >= 11 is 3.42. The molecule has 98 valence electrons. The summed E-state index contributed by atoms with van der Waals surface area (Å²) in [5, 5.41) is 4.60. The van der Waals surface area contributed by atoms with E-state index in [1.54, 1.807) is 23.1 Å². The highest BCUT2D eigenvalue weighted by atomic mass is 32.2. The maximum absolute atomic E-state index is 4.72. The van der Waals surface area contributed by atoms with Crippen molar-refractivity contribution < 1.29 is 0 Å². The zero-order chi connectivity index (χ0) is 13.4. The van der Waals surface area contributed by atoms with E-state index in [1.165, 1.54) is 5.56 Å². The number of imidazole rings is 1. The van der Waals surface area contributed by atoms with Crippen LogP contribution in [0, 0.1) is 13.8 Å². The van der Waals surface area contributed by atoms with E-state index in [1.807, 2.05) is 4.52 Å². The number of fused-ring (bicyclic) bond motifs is 1. The molecule has 0 bridgehead atoms. The van der Waals surface area contributed by atoms with E-state index in [0.717, 1.165) is 32.0 Å². The van der Waals surface area contributed by atoms with Crippen LogP contribution in [0.1, 0.15) is 18.2 Å². The van der Waals surface area contributed by atoms with Gasteiger partial charge >= 0.3 is 0 Å². The van der Waals surface area contributed by atoms with Crippen molar-refractivity contribution in [1.29, 1.82) is 0 Å². The van der Waals surface area contributed by atoms with Gasteiger partial charge in [0.25, 0.3) is 0 Å². The van der Waals surface area contributed by atoms with Crippen LogP contribution in [0.15, 0.2) is 28.6 Å². The molecule has 1 aromatic carbocycles. The SMILES string of the molecule is CCSc1nn2c(C)c(-c3ccc(C)cc3)nc2s1. The molecule has 0 spiro atoms. The van der Waals surface area contributed by atoms with Crippen molar-refractivity contribution in [1.82, 2.24) is 14.6 Å². The summed E-state index contributed by atoms with van der Waals surface area (Å²) in [5.74, 6) is 1.04. The van der Waals surface area contributed by atoms with Gasteiger partial charge in [0.05, 0.1) is 11.4 Å². The fourth-order valence-corrected chi connectivity index (χ4v) is 3.88. The summed E-state index contributed by atoms with van der Waals surface area (Å²) in [5.41, 5.74) is 4.57. The highest BCUT2D eigenvalue weighted by molar-refractivity contribution is 8.01. The standard InChI is InChI=1S/C14H15N3S2/c1-4-18-14-16-17-10(3)12(15-13(17)19-14)11-7-5-9(2)6-8-11/h5-8H,4H2,1-3H3. The van der Waals surface area contributed by atoms with Crippen LogP contribution in [-0.2, 0) is 0 Å². The van der Waals surface area contributed by atoms with Crippen LogP contribution in [0.2, 0.25) is 0 Å². The van der Waals surface area contributed by atoms with Gasteiger partial charge in [0.2, 0.25) is 4.96 Å². The lowest BCUT2D eigenvalue weighted by atomic mass is 10.1. The fraction of sp³-hybridized carbons (Fsp3) is 0.286. The molecule has 0 radical (unpaired) electrons. The molecule has 2 heterocycles. The minimum Gasteiger partial charge on any atom is -0.217 e. The predicted octanol–water partition coefficient (Wildman–Crippen LogP) is 4.19. The number of hydrogen-bond donors (Lipinski definition) is 0. The second-order valence-electron chi connectivity index (χ2n) is 4.41. The minimum atomic E-state index is 0.976. The first-order chi connectivity index (χ1) is 9.19. The molecule has 3 rings (SSSR count). The second-order valence-corrected chi connectivity index (χ2v) is 6.87. The van der Waals surface area contributed by atoms with Crippen LogP contribution in [0.3, 0.4) is 0 Å². The molecule has 0 amide bonds. The van der Waals surface area contributed by atoms with Crippen LogP contribution >= 0.6 is 23.1 Å². The van der Waals surface area contributed by atoms with Crippen LogP contribution in [0.25, 0.3) is 16.2 Å². The molecule has 2 aromatic heterocycles. The molecule has 0 saturated carbocycles. The number of aromatic nitrogens is 3. The maximum atomic E-state index is 4.72. The summed E-state index contributed by atoms with van der Waals surface area (Å²) < 4.78 is 3.04. The number of benzene rings is 1. The highest BCUT2D eigenvalue weighted by Gasteiger charge is 2.14. The largest absolute Gasteiger partial charge is 0.217 e. The van der Waals surface area contributed by atoms with Crippen LogP contribution in [0.5, 0.6) is 0 Å². The first-order valence-electron chi connectivity index (χ1n) is 6.25. The Morgan fingerprint density at radius 2 is 1.95 bits per heavy atom. The molecule has 0 aliphatic heterocycles. The van der Waals surface area contributed by atoms with Gasteiger partial charge in [0, 0.05) is 5.56 Å². The van der Waals surface area contributed by atoms with Gasteiger partial charge in [-0.15, -0.1) is 5.10 Å². The number of aryl methyl sites for hydroxylation is 2. The molecule has 19 heavy (non-hydrogen) atoms. The van der Waals surface area contributed by atoms with Gasteiger partial charge in [-0.25, -0.2) is 9.50 Å². The fourth-order valence-electron chi connectivity index (χ4n) is 2.00. The first-order valence-corrected chi connectivity index (χ1v) is 8.05. The minimum absolute atomic E-state index is 0.976. The zero-order valence-corrected chi connectivity index (χ0v) is 12.8. The Bertz CT molecular complexity index is 710. The molecule has 0 unspecified atom stereocenters. The number of nitrogens with zero attached hydrogens (tertiary/aromatic N) is 3. The number of thioether (sulfide) groups is 1. The molecule has 0 atom stereocenters.